The largest absolute Gasteiger partial charge is 0.384 e. The van der Waals surface area contributed by atoms with Crippen LogP contribution in [0.4, 0.5) is 11.4 Å². The van der Waals surface area contributed by atoms with Gasteiger partial charge in [0, 0.05) is 40.4 Å². The van der Waals surface area contributed by atoms with Gasteiger partial charge in [0.1, 0.15) is 5.82 Å². The van der Waals surface area contributed by atoms with Crippen LogP contribution in [0.15, 0.2) is 57.2 Å². The molecule has 158 valence electrons. The molecule has 1 aliphatic carbocycles. The van der Waals surface area contributed by atoms with E-state index in [4.69, 9.17) is 5.73 Å². The topological polar surface area (TPSA) is 113 Å². The van der Waals surface area contributed by atoms with Gasteiger partial charge in [0.2, 0.25) is 0 Å². The predicted molar refractivity (Wildman–Crippen MR) is 122 cm³/mol. The van der Waals surface area contributed by atoms with Crippen LogP contribution < -0.4 is 10.6 Å². The fraction of sp³-hybridized carbons (Fsp3) is 0.273. The van der Waals surface area contributed by atoms with Crippen LogP contribution in [0.1, 0.15) is 35.6 Å². The van der Waals surface area contributed by atoms with Crippen LogP contribution in [0, 0.1) is 28.4 Å². The number of carbonyl (C=O) groups is 1. The smallest absolute Gasteiger partial charge is 0.269 e. The van der Waals surface area contributed by atoms with Gasteiger partial charge in [0.15, 0.2) is 5.78 Å². The highest BCUT2D eigenvalue weighted by atomic mass is 32.2. The van der Waals surface area contributed by atoms with Crippen LogP contribution in [0.2, 0.25) is 0 Å². The van der Waals surface area contributed by atoms with Gasteiger partial charge in [-0.25, -0.2) is 0 Å². The minimum absolute atomic E-state index is 0.0225. The fourth-order valence-electron chi connectivity index (χ4n) is 4.29. The maximum Gasteiger partial charge on any atom is 0.269 e. The van der Waals surface area contributed by atoms with Gasteiger partial charge < -0.3 is 5.73 Å². The molecule has 9 heteroatoms. The van der Waals surface area contributed by atoms with Crippen LogP contribution >= 0.6 is 23.1 Å². The van der Waals surface area contributed by atoms with Gasteiger partial charge in [-0.2, -0.15) is 5.26 Å². The first-order valence-electron chi connectivity index (χ1n) is 9.72. The highest BCUT2D eigenvalue weighted by Crippen LogP contribution is 2.49. The average molecular weight is 453 g/mol. The molecule has 4 rings (SSSR count). The van der Waals surface area contributed by atoms with Crippen molar-refractivity contribution < 1.29 is 9.72 Å². The zero-order valence-corrected chi connectivity index (χ0v) is 18.7. The molecule has 1 aromatic carbocycles. The summed E-state index contributed by atoms with van der Waals surface area (Å²) in [6.45, 7) is 2.01. The Morgan fingerprint density at radius 3 is 2.65 bits per heavy atom. The Hall–Kier alpha value is -3.09. The van der Waals surface area contributed by atoms with Crippen molar-refractivity contribution in [2.24, 2.45) is 5.73 Å². The Balaban J connectivity index is 1.94. The number of anilines is 1. The minimum atomic E-state index is -0.491. The molecule has 0 saturated carbocycles. The lowest BCUT2D eigenvalue weighted by molar-refractivity contribution is -0.384. The van der Waals surface area contributed by atoms with Crippen LogP contribution in [0.5, 0.6) is 0 Å². The molecule has 1 aromatic heterocycles. The summed E-state index contributed by atoms with van der Waals surface area (Å²) in [5.41, 5.74) is 9.78. The predicted octanol–water partition coefficient (Wildman–Crippen LogP) is 4.99. The summed E-state index contributed by atoms with van der Waals surface area (Å²) in [4.78, 5) is 26.6. The van der Waals surface area contributed by atoms with Crippen molar-refractivity contribution in [3.63, 3.8) is 0 Å². The number of thiophene rings is 1. The SMILES string of the molecule is CSc1sc(C)cc1[C@@H]1C(C#N)=C(N)N(c2ccc([N+](=O)[O-])cc2)C2=C1C(=O)CCC2. The minimum Gasteiger partial charge on any atom is -0.384 e. The van der Waals surface area contributed by atoms with E-state index in [1.54, 1.807) is 40.1 Å². The van der Waals surface area contributed by atoms with E-state index in [2.05, 4.69) is 6.07 Å². The van der Waals surface area contributed by atoms with Crippen molar-refractivity contribution in [1.82, 2.24) is 0 Å². The van der Waals surface area contributed by atoms with E-state index in [-0.39, 0.29) is 17.3 Å². The number of nitrogens with zero attached hydrogens (tertiary/aromatic N) is 3. The number of hydrogen-bond acceptors (Lipinski definition) is 8. The van der Waals surface area contributed by atoms with E-state index in [1.807, 2.05) is 19.2 Å². The van der Waals surface area contributed by atoms with Crippen molar-refractivity contribution in [2.75, 3.05) is 11.2 Å². The number of nitro benzene ring substituents is 1. The second-order valence-electron chi connectivity index (χ2n) is 7.39. The molecule has 0 saturated heterocycles. The number of benzene rings is 1. The molecule has 0 amide bonds. The molecule has 2 N–H and O–H groups in total. The lowest BCUT2D eigenvalue weighted by Crippen LogP contribution is -2.38. The second-order valence-corrected chi connectivity index (χ2v) is 9.72. The number of aryl methyl sites for hydroxylation is 1. The monoisotopic (exact) mass is 452 g/mol. The van der Waals surface area contributed by atoms with Gasteiger partial charge in [-0.05, 0) is 49.8 Å². The van der Waals surface area contributed by atoms with E-state index in [0.29, 0.717) is 36.1 Å². The first kappa shape index (κ1) is 21.2. The number of rotatable bonds is 4. The highest BCUT2D eigenvalue weighted by Gasteiger charge is 2.41. The molecule has 0 bridgehead atoms. The van der Waals surface area contributed by atoms with Crippen LogP contribution in [0.25, 0.3) is 0 Å². The fourth-order valence-corrected chi connectivity index (χ4v) is 6.20. The van der Waals surface area contributed by atoms with Crippen molar-refractivity contribution in [3.8, 4) is 6.07 Å². The van der Waals surface area contributed by atoms with E-state index in [1.165, 1.54) is 12.1 Å². The van der Waals surface area contributed by atoms with E-state index in [9.17, 15) is 20.2 Å². The number of nitro groups is 1. The molecule has 31 heavy (non-hydrogen) atoms. The molecule has 2 aromatic rings. The van der Waals surface area contributed by atoms with Crippen molar-refractivity contribution in [2.45, 2.75) is 36.3 Å². The first-order valence-corrected chi connectivity index (χ1v) is 11.8. The van der Waals surface area contributed by atoms with Crippen LogP contribution in [-0.2, 0) is 4.79 Å². The summed E-state index contributed by atoms with van der Waals surface area (Å²) in [5, 5.41) is 21.1. The average Bonchev–Trinajstić information content (AvgIpc) is 3.13. The molecule has 0 radical (unpaired) electrons. The number of ketones is 1. The maximum absolute atomic E-state index is 13.2. The van der Waals surface area contributed by atoms with Gasteiger partial charge in [0.25, 0.3) is 5.69 Å². The van der Waals surface area contributed by atoms with E-state index < -0.39 is 10.8 Å². The van der Waals surface area contributed by atoms with Crippen molar-refractivity contribution in [1.29, 1.82) is 5.26 Å². The Kier molecular flexibility index (Phi) is 5.60. The number of Topliss-reactive ketones (excluding diaryl/α,β-unsaturated/α-hetero) is 1. The molecular formula is C22H20N4O3S2. The third-order valence-electron chi connectivity index (χ3n) is 5.58. The summed E-state index contributed by atoms with van der Waals surface area (Å²) in [6, 6.07) is 10.3. The molecule has 0 unspecified atom stereocenters. The Morgan fingerprint density at radius 1 is 1.32 bits per heavy atom. The highest BCUT2D eigenvalue weighted by molar-refractivity contribution is 8.00. The number of allylic oxidation sites excluding steroid dienone is 3. The van der Waals surface area contributed by atoms with Gasteiger partial charge in [0.05, 0.1) is 26.7 Å². The van der Waals surface area contributed by atoms with Crippen molar-refractivity contribution >= 4 is 40.3 Å². The lowest BCUT2D eigenvalue weighted by atomic mass is 9.76. The lowest BCUT2D eigenvalue weighted by Gasteiger charge is -2.39. The molecule has 0 fully saturated rings. The third-order valence-corrected chi connectivity index (χ3v) is 7.79. The second kappa shape index (κ2) is 8.21. The molecule has 1 atom stereocenters. The Bertz CT molecular complexity index is 1190. The van der Waals surface area contributed by atoms with Gasteiger partial charge in [-0.1, -0.05) is 0 Å². The van der Waals surface area contributed by atoms with Gasteiger partial charge >= 0.3 is 0 Å². The summed E-state index contributed by atoms with van der Waals surface area (Å²) in [5.74, 6) is -0.200. The quantitative estimate of drug-likeness (QED) is 0.395. The van der Waals surface area contributed by atoms with Crippen molar-refractivity contribution in [3.05, 3.63) is 73.6 Å². The molecule has 1 aliphatic heterocycles. The van der Waals surface area contributed by atoms with Crippen LogP contribution in [0.3, 0.4) is 0 Å². The molecule has 0 spiro atoms. The number of hydrogen-bond donors (Lipinski definition) is 1. The first-order chi connectivity index (χ1) is 14.9. The third kappa shape index (κ3) is 3.52. The Labute approximate surface area is 188 Å². The number of carbonyl (C=O) groups excluding carboxylic acids is 1. The summed E-state index contributed by atoms with van der Waals surface area (Å²) in [6.07, 6.45) is 3.75. The van der Waals surface area contributed by atoms with E-state index >= 15 is 0 Å². The molecule has 2 heterocycles. The molecular weight excluding hydrogens is 432 g/mol. The normalized spacial score (nSPS) is 18.8. The standard InChI is InChI=1S/C22H20N4O3S2/c1-12-10-15(22(30-2)31-12)19-16(11-23)21(24)25(17-4-3-5-18(27)20(17)19)13-6-8-14(9-7-13)26(28)29/h6-10,19H,3-5,24H2,1-2H3/t19-/m1/s1. The van der Waals surface area contributed by atoms with Gasteiger partial charge in [-0.15, -0.1) is 23.1 Å². The Morgan fingerprint density at radius 2 is 2.03 bits per heavy atom. The number of nitrogens with two attached hydrogens (primary N) is 1. The number of nitriles is 1. The number of non-ortho nitro benzene ring substituents is 1. The van der Waals surface area contributed by atoms with Crippen LogP contribution in [-0.4, -0.2) is 17.0 Å². The zero-order chi connectivity index (χ0) is 22.3. The summed E-state index contributed by atoms with van der Waals surface area (Å²) >= 11 is 3.24. The summed E-state index contributed by atoms with van der Waals surface area (Å²) in [7, 11) is 0. The maximum atomic E-state index is 13.2. The van der Waals surface area contributed by atoms with E-state index in [0.717, 1.165) is 20.3 Å². The molecule has 2 aliphatic rings. The summed E-state index contributed by atoms with van der Waals surface area (Å²) < 4.78 is 1.07. The number of thioether (sulfide) groups is 1. The molecule has 7 nitrogen and oxygen atoms in total. The zero-order valence-electron chi connectivity index (χ0n) is 17.0. The van der Waals surface area contributed by atoms with Gasteiger partial charge in [-0.3, -0.25) is 19.8 Å².